The standard InChI is InChI=1S/C17H27N3O4S/c1-12(2)24-17(21)20-8-6-13(7-9-20)11-25(22,23)16-10-15(14-4-5-14)18-19(16)3/h10,12-14H,4-9,11H2,1-3H3. The van der Waals surface area contributed by atoms with Crippen LogP contribution in [0.25, 0.3) is 0 Å². The average molecular weight is 369 g/mol. The Labute approximate surface area is 149 Å². The molecule has 0 unspecified atom stereocenters. The van der Waals surface area contributed by atoms with E-state index < -0.39 is 9.84 Å². The Balaban J connectivity index is 1.58. The Morgan fingerprint density at radius 1 is 1.28 bits per heavy atom. The lowest BCUT2D eigenvalue weighted by molar-refractivity contribution is 0.0667. The van der Waals surface area contributed by atoms with Crippen LogP contribution in [0.2, 0.25) is 0 Å². The topological polar surface area (TPSA) is 81.5 Å². The number of rotatable bonds is 5. The number of hydrogen-bond donors (Lipinski definition) is 0. The van der Waals surface area contributed by atoms with E-state index in [4.69, 9.17) is 4.74 Å². The first-order chi connectivity index (χ1) is 11.8. The van der Waals surface area contributed by atoms with Crippen LogP contribution in [-0.2, 0) is 21.6 Å². The zero-order valence-corrected chi connectivity index (χ0v) is 16.0. The number of piperidine rings is 1. The third-order valence-electron chi connectivity index (χ3n) is 4.83. The summed E-state index contributed by atoms with van der Waals surface area (Å²) in [6.07, 6.45) is 3.11. The van der Waals surface area contributed by atoms with Crippen molar-refractivity contribution >= 4 is 15.9 Å². The van der Waals surface area contributed by atoms with Crippen molar-refractivity contribution in [3.63, 3.8) is 0 Å². The molecule has 0 atom stereocenters. The van der Waals surface area contributed by atoms with Gasteiger partial charge in [0.05, 0.1) is 17.6 Å². The van der Waals surface area contributed by atoms with Gasteiger partial charge in [0.1, 0.15) is 0 Å². The SMILES string of the molecule is CC(C)OC(=O)N1CCC(CS(=O)(=O)c2cc(C3CC3)nn2C)CC1. The maximum atomic E-state index is 12.8. The van der Waals surface area contributed by atoms with Crippen LogP contribution in [0.5, 0.6) is 0 Å². The summed E-state index contributed by atoms with van der Waals surface area (Å²) in [7, 11) is -1.67. The molecule has 1 saturated carbocycles. The first-order valence-corrected chi connectivity index (χ1v) is 10.6. The number of sulfone groups is 1. The predicted molar refractivity (Wildman–Crippen MR) is 93.1 cm³/mol. The van der Waals surface area contributed by atoms with Gasteiger partial charge in [0.15, 0.2) is 14.9 Å². The summed E-state index contributed by atoms with van der Waals surface area (Å²) in [5.41, 5.74) is 0.896. The number of ether oxygens (including phenoxy) is 1. The van der Waals surface area contributed by atoms with Crippen molar-refractivity contribution in [3.05, 3.63) is 11.8 Å². The van der Waals surface area contributed by atoms with Gasteiger partial charge in [0.2, 0.25) is 0 Å². The van der Waals surface area contributed by atoms with Crippen molar-refractivity contribution in [3.8, 4) is 0 Å². The Bertz CT molecular complexity index is 729. The molecule has 0 spiro atoms. The molecule has 1 aliphatic carbocycles. The fraction of sp³-hybridized carbons (Fsp3) is 0.765. The largest absolute Gasteiger partial charge is 0.447 e. The van der Waals surface area contributed by atoms with Crippen molar-refractivity contribution in [1.29, 1.82) is 0 Å². The normalized spacial score (nSPS) is 19.4. The van der Waals surface area contributed by atoms with Crippen LogP contribution >= 0.6 is 0 Å². The van der Waals surface area contributed by atoms with Crippen LogP contribution in [0.4, 0.5) is 4.79 Å². The summed E-state index contributed by atoms with van der Waals surface area (Å²) in [4.78, 5) is 13.6. The van der Waals surface area contributed by atoms with Gasteiger partial charge in [-0.05, 0) is 51.5 Å². The fourth-order valence-corrected chi connectivity index (χ4v) is 5.16. The van der Waals surface area contributed by atoms with Crippen molar-refractivity contribution < 1.29 is 17.9 Å². The molecule has 8 heteroatoms. The Kier molecular flexibility index (Phi) is 5.09. The van der Waals surface area contributed by atoms with Crippen LogP contribution in [0.3, 0.4) is 0 Å². The number of aromatic nitrogens is 2. The van der Waals surface area contributed by atoms with Crippen LogP contribution in [0, 0.1) is 5.92 Å². The summed E-state index contributed by atoms with van der Waals surface area (Å²) in [5.74, 6) is 0.613. The second kappa shape index (κ2) is 6.97. The van der Waals surface area contributed by atoms with Gasteiger partial charge in [-0.2, -0.15) is 5.10 Å². The maximum absolute atomic E-state index is 12.8. The average Bonchev–Trinajstić information content (AvgIpc) is 3.29. The molecule has 1 saturated heterocycles. The van der Waals surface area contributed by atoms with Gasteiger partial charge in [-0.25, -0.2) is 13.2 Å². The molecule has 140 valence electrons. The summed E-state index contributed by atoms with van der Waals surface area (Å²) in [6.45, 7) is 4.73. The van der Waals surface area contributed by atoms with Gasteiger partial charge in [-0.15, -0.1) is 0 Å². The number of likely N-dealkylation sites (tertiary alicyclic amines) is 1. The zero-order chi connectivity index (χ0) is 18.2. The van der Waals surface area contributed by atoms with Crippen LogP contribution < -0.4 is 0 Å². The smallest absolute Gasteiger partial charge is 0.410 e. The van der Waals surface area contributed by atoms with Crippen molar-refractivity contribution in [2.75, 3.05) is 18.8 Å². The maximum Gasteiger partial charge on any atom is 0.410 e. The molecule has 3 rings (SSSR count). The second-order valence-electron chi connectivity index (χ2n) is 7.45. The van der Waals surface area contributed by atoms with Gasteiger partial charge in [-0.3, -0.25) is 4.68 Å². The fourth-order valence-electron chi connectivity index (χ4n) is 3.29. The molecule has 2 aliphatic rings. The minimum atomic E-state index is -3.37. The van der Waals surface area contributed by atoms with E-state index in [1.165, 1.54) is 4.68 Å². The number of carbonyl (C=O) groups is 1. The highest BCUT2D eigenvalue weighted by Crippen LogP contribution is 2.40. The third kappa shape index (κ3) is 4.34. The quantitative estimate of drug-likeness (QED) is 0.796. The first kappa shape index (κ1) is 18.2. The molecule has 0 N–H and O–H groups in total. The Hall–Kier alpha value is -1.57. The lowest BCUT2D eigenvalue weighted by atomic mass is 9.99. The lowest BCUT2D eigenvalue weighted by Crippen LogP contribution is -2.41. The van der Waals surface area contributed by atoms with Gasteiger partial charge >= 0.3 is 6.09 Å². The van der Waals surface area contributed by atoms with Gasteiger partial charge < -0.3 is 9.64 Å². The van der Waals surface area contributed by atoms with Crippen LogP contribution in [-0.4, -0.2) is 54.1 Å². The molecule has 1 aromatic rings. The van der Waals surface area contributed by atoms with Crippen molar-refractivity contribution in [1.82, 2.24) is 14.7 Å². The molecular weight excluding hydrogens is 342 g/mol. The number of amides is 1. The monoisotopic (exact) mass is 369 g/mol. The second-order valence-corrected chi connectivity index (χ2v) is 9.43. The summed E-state index contributed by atoms with van der Waals surface area (Å²) >= 11 is 0. The molecule has 2 heterocycles. The number of aryl methyl sites for hydroxylation is 1. The molecule has 1 amide bonds. The van der Waals surface area contributed by atoms with Gasteiger partial charge in [0, 0.05) is 26.1 Å². The lowest BCUT2D eigenvalue weighted by Gasteiger charge is -2.31. The highest BCUT2D eigenvalue weighted by molar-refractivity contribution is 7.91. The summed E-state index contributed by atoms with van der Waals surface area (Å²) < 4.78 is 32.2. The highest BCUT2D eigenvalue weighted by Gasteiger charge is 2.32. The number of nitrogens with zero attached hydrogens (tertiary/aromatic N) is 3. The van der Waals surface area contributed by atoms with E-state index in [0.29, 0.717) is 36.9 Å². The molecule has 0 radical (unpaired) electrons. The van der Waals surface area contributed by atoms with Crippen LogP contribution in [0.15, 0.2) is 11.1 Å². The highest BCUT2D eigenvalue weighted by atomic mass is 32.2. The van der Waals surface area contributed by atoms with E-state index in [1.54, 1.807) is 18.0 Å². The summed E-state index contributed by atoms with van der Waals surface area (Å²) in [6, 6.07) is 1.74. The van der Waals surface area contributed by atoms with Crippen molar-refractivity contribution in [2.24, 2.45) is 13.0 Å². The molecule has 1 aromatic heterocycles. The van der Waals surface area contributed by atoms with E-state index in [0.717, 1.165) is 18.5 Å². The van der Waals surface area contributed by atoms with Gasteiger partial charge in [0.25, 0.3) is 0 Å². The Morgan fingerprint density at radius 2 is 1.92 bits per heavy atom. The third-order valence-corrected chi connectivity index (χ3v) is 6.76. The molecule has 2 fully saturated rings. The number of carbonyl (C=O) groups excluding carboxylic acids is 1. The molecule has 0 aromatic carbocycles. The number of hydrogen-bond acceptors (Lipinski definition) is 5. The van der Waals surface area contributed by atoms with E-state index in [-0.39, 0.29) is 23.9 Å². The minimum Gasteiger partial charge on any atom is -0.447 e. The zero-order valence-electron chi connectivity index (χ0n) is 15.1. The molecular formula is C17H27N3O4S. The van der Waals surface area contributed by atoms with E-state index in [1.807, 2.05) is 13.8 Å². The Morgan fingerprint density at radius 3 is 2.48 bits per heavy atom. The van der Waals surface area contributed by atoms with Gasteiger partial charge in [-0.1, -0.05) is 0 Å². The van der Waals surface area contributed by atoms with E-state index >= 15 is 0 Å². The molecule has 0 bridgehead atoms. The van der Waals surface area contributed by atoms with E-state index in [9.17, 15) is 13.2 Å². The molecule has 7 nitrogen and oxygen atoms in total. The molecule has 1 aliphatic heterocycles. The molecule has 25 heavy (non-hydrogen) atoms. The first-order valence-electron chi connectivity index (χ1n) is 8.98. The van der Waals surface area contributed by atoms with Crippen LogP contribution in [0.1, 0.15) is 51.1 Å². The van der Waals surface area contributed by atoms with E-state index in [2.05, 4.69) is 5.10 Å². The predicted octanol–water partition coefficient (Wildman–Crippen LogP) is 2.33. The summed E-state index contributed by atoms with van der Waals surface area (Å²) in [5, 5.41) is 4.68. The van der Waals surface area contributed by atoms with Crippen molar-refractivity contribution in [2.45, 2.75) is 56.6 Å². The minimum absolute atomic E-state index is 0.0624.